The van der Waals surface area contributed by atoms with Crippen LogP contribution in [0.1, 0.15) is 43.7 Å². The summed E-state index contributed by atoms with van der Waals surface area (Å²) in [4.78, 5) is 29.6. The minimum Gasteiger partial charge on any atom is -0.497 e. The molecule has 1 unspecified atom stereocenters. The molecular formula is C29H31N5O3. The summed E-state index contributed by atoms with van der Waals surface area (Å²) in [6, 6.07) is 23.4. The molecule has 2 amide bonds. The van der Waals surface area contributed by atoms with Gasteiger partial charge in [-0.2, -0.15) is 0 Å². The molecule has 1 aromatic heterocycles. The van der Waals surface area contributed by atoms with E-state index in [1.807, 2.05) is 78.9 Å². The number of para-hydroxylation sites is 2. The van der Waals surface area contributed by atoms with Gasteiger partial charge in [0.1, 0.15) is 23.9 Å². The van der Waals surface area contributed by atoms with Crippen LogP contribution in [0.25, 0.3) is 11.0 Å². The average molecular weight is 498 g/mol. The molecule has 1 N–H and O–H groups in total. The first-order chi connectivity index (χ1) is 18.1. The molecule has 4 aromatic rings. The van der Waals surface area contributed by atoms with Crippen molar-refractivity contribution in [3.05, 3.63) is 84.4 Å². The minimum atomic E-state index is -0.887. The van der Waals surface area contributed by atoms with Gasteiger partial charge in [-0.3, -0.25) is 14.5 Å². The van der Waals surface area contributed by atoms with Crippen LogP contribution in [-0.2, 0) is 16.1 Å². The average Bonchev–Trinajstić information content (AvgIpc) is 3.35. The fraction of sp³-hybridized carbons (Fsp3) is 0.310. The van der Waals surface area contributed by atoms with Crippen molar-refractivity contribution in [1.82, 2.24) is 20.3 Å². The molecule has 1 aliphatic carbocycles. The zero-order valence-electron chi connectivity index (χ0n) is 20.9. The van der Waals surface area contributed by atoms with Crippen LogP contribution in [0.4, 0.5) is 5.69 Å². The number of carbonyl (C=O) groups is 2. The van der Waals surface area contributed by atoms with Gasteiger partial charge in [-0.05, 0) is 54.8 Å². The summed E-state index contributed by atoms with van der Waals surface area (Å²) < 4.78 is 7.04. The number of nitrogens with zero attached hydrogens (tertiary/aromatic N) is 4. The van der Waals surface area contributed by atoms with Crippen molar-refractivity contribution in [2.75, 3.05) is 12.0 Å². The molecule has 8 heteroatoms. The van der Waals surface area contributed by atoms with Gasteiger partial charge in [0, 0.05) is 11.7 Å². The number of benzene rings is 3. The van der Waals surface area contributed by atoms with Crippen molar-refractivity contribution in [2.24, 2.45) is 0 Å². The Hall–Kier alpha value is -4.20. The van der Waals surface area contributed by atoms with Crippen LogP contribution in [0.2, 0.25) is 0 Å². The monoisotopic (exact) mass is 497 g/mol. The van der Waals surface area contributed by atoms with E-state index in [0.29, 0.717) is 22.5 Å². The molecule has 190 valence electrons. The van der Waals surface area contributed by atoms with Crippen molar-refractivity contribution < 1.29 is 14.3 Å². The van der Waals surface area contributed by atoms with Crippen molar-refractivity contribution >= 4 is 28.5 Å². The third kappa shape index (κ3) is 5.48. The van der Waals surface area contributed by atoms with E-state index in [1.165, 1.54) is 6.42 Å². The zero-order valence-corrected chi connectivity index (χ0v) is 20.9. The zero-order chi connectivity index (χ0) is 25.6. The molecule has 0 saturated heterocycles. The Bertz CT molecular complexity index is 1360. The molecule has 37 heavy (non-hydrogen) atoms. The van der Waals surface area contributed by atoms with Crippen LogP contribution < -0.4 is 15.0 Å². The quantitative estimate of drug-likeness (QED) is 0.382. The maximum atomic E-state index is 14.0. The number of ether oxygens (including phenoxy) is 1. The fourth-order valence-corrected chi connectivity index (χ4v) is 5.02. The molecule has 1 heterocycles. The maximum absolute atomic E-state index is 14.0. The van der Waals surface area contributed by atoms with E-state index in [1.54, 1.807) is 16.7 Å². The van der Waals surface area contributed by atoms with Gasteiger partial charge in [0.25, 0.3) is 0 Å². The third-order valence-electron chi connectivity index (χ3n) is 6.88. The molecule has 0 aliphatic heterocycles. The Morgan fingerprint density at radius 2 is 1.76 bits per heavy atom. The van der Waals surface area contributed by atoms with E-state index in [4.69, 9.17) is 4.74 Å². The van der Waals surface area contributed by atoms with E-state index >= 15 is 0 Å². The van der Waals surface area contributed by atoms with Crippen LogP contribution in [0.15, 0.2) is 78.9 Å². The largest absolute Gasteiger partial charge is 0.497 e. The molecule has 8 nitrogen and oxygen atoms in total. The predicted molar refractivity (Wildman–Crippen MR) is 142 cm³/mol. The van der Waals surface area contributed by atoms with Crippen LogP contribution in [0.3, 0.4) is 0 Å². The van der Waals surface area contributed by atoms with Gasteiger partial charge in [-0.15, -0.1) is 5.10 Å². The van der Waals surface area contributed by atoms with Gasteiger partial charge in [0.2, 0.25) is 11.8 Å². The summed E-state index contributed by atoms with van der Waals surface area (Å²) in [5, 5.41) is 11.6. The molecule has 3 aromatic carbocycles. The third-order valence-corrected chi connectivity index (χ3v) is 6.88. The predicted octanol–water partition coefficient (Wildman–Crippen LogP) is 4.66. The number of fused-ring (bicyclic) bond motifs is 1. The molecule has 0 radical (unpaired) electrons. The first-order valence-corrected chi connectivity index (χ1v) is 12.7. The highest BCUT2D eigenvalue weighted by Crippen LogP contribution is 2.31. The van der Waals surface area contributed by atoms with Crippen molar-refractivity contribution in [3.8, 4) is 5.75 Å². The second kappa shape index (κ2) is 11.2. The number of hydrogen-bond acceptors (Lipinski definition) is 5. The van der Waals surface area contributed by atoms with Crippen LogP contribution in [0, 0.1) is 0 Å². The molecule has 0 spiro atoms. The highest BCUT2D eigenvalue weighted by Gasteiger charge is 2.34. The lowest BCUT2D eigenvalue weighted by molar-refractivity contribution is -0.127. The van der Waals surface area contributed by atoms with Gasteiger partial charge in [-0.25, -0.2) is 4.68 Å². The minimum absolute atomic E-state index is 0.0629. The Balaban J connectivity index is 1.55. The van der Waals surface area contributed by atoms with Crippen LogP contribution in [-0.4, -0.2) is 40.0 Å². The number of nitrogens with one attached hydrogen (secondary N) is 1. The number of amides is 2. The second-order valence-corrected chi connectivity index (χ2v) is 9.36. The molecule has 0 bridgehead atoms. The number of anilines is 1. The number of rotatable bonds is 8. The van der Waals surface area contributed by atoms with Gasteiger partial charge in [0.05, 0.1) is 12.6 Å². The highest BCUT2D eigenvalue weighted by atomic mass is 16.5. The highest BCUT2D eigenvalue weighted by molar-refractivity contribution is 6.01. The number of hydrogen-bond donors (Lipinski definition) is 1. The Morgan fingerprint density at radius 3 is 2.54 bits per heavy atom. The Morgan fingerprint density at radius 1 is 1.00 bits per heavy atom. The summed E-state index contributed by atoms with van der Waals surface area (Å²) in [7, 11) is 1.59. The lowest BCUT2D eigenvalue weighted by Crippen LogP contribution is -2.48. The van der Waals surface area contributed by atoms with Crippen molar-refractivity contribution in [1.29, 1.82) is 0 Å². The molecule has 1 aliphatic rings. The Kier molecular flexibility index (Phi) is 7.44. The Labute approximate surface area is 216 Å². The van der Waals surface area contributed by atoms with Crippen LogP contribution in [0.5, 0.6) is 5.75 Å². The second-order valence-electron chi connectivity index (χ2n) is 9.36. The number of aromatic nitrogens is 3. The summed E-state index contributed by atoms with van der Waals surface area (Å²) in [5.74, 6) is 0.143. The summed E-state index contributed by atoms with van der Waals surface area (Å²) >= 11 is 0. The standard InChI is InChI=1S/C29H31N5O3/c1-37-24-16-10-11-21(19-24)28(29(36)30-22-12-4-2-5-13-22)34(23-14-6-3-7-15-23)27(35)20-33-26-18-9-8-17-25(26)31-32-33/h3,6-11,14-19,22,28H,2,4-5,12-13,20H2,1H3,(H,30,36). The van der Waals surface area contributed by atoms with Gasteiger partial charge in [0.15, 0.2) is 0 Å². The van der Waals surface area contributed by atoms with E-state index < -0.39 is 6.04 Å². The molecular weight excluding hydrogens is 466 g/mol. The molecule has 1 atom stereocenters. The lowest BCUT2D eigenvalue weighted by Gasteiger charge is -2.33. The first-order valence-electron chi connectivity index (χ1n) is 12.7. The van der Waals surface area contributed by atoms with Crippen molar-refractivity contribution in [2.45, 2.75) is 50.7 Å². The normalized spacial score (nSPS) is 14.7. The van der Waals surface area contributed by atoms with Crippen LogP contribution >= 0.6 is 0 Å². The molecule has 1 fully saturated rings. The SMILES string of the molecule is COc1cccc(C(C(=O)NC2CCCCC2)N(C(=O)Cn2nnc3ccccc32)c2ccccc2)c1. The molecule has 1 saturated carbocycles. The number of methoxy groups -OCH3 is 1. The first kappa shape index (κ1) is 24.5. The van der Waals surface area contributed by atoms with Crippen molar-refractivity contribution in [3.63, 3.8) is 0 Å². The number of carbonyl (C=O) groups excluding carboxylic acids is 2. The fourth-order valence-electron chi connectivity index (χ4n) is 5.02. The topological polar surface area (TPSA) is 89.4 Å². The van der Waals surface area contributed by atoms with E-state index in [0.717, 1.165) is 31.2 Å². The summed E-state index contributed by atoms with van der Waals surface area (Å²) in [6.45, 7) is -0.0629. The summed E-state index contributed by atoms with van der Waals surface area (Å²) in [5.41, 5.74) is 2.77. The van der Waals surface area contributed by atoms with Gasteiger partial charge < -0.3 is 10.1 Å². The smallest absolute Gasteiger partial charge is 0.249 e. The van der Waals surface area contributed by atoms with E-state index in [-0.39, 0.29) is 24.4 Å². The van der Waals surface area contributed by atoms with Gasteiger partial charge >= 0.3 is 0 Å². The maximum Gasteiger partial charge on any atom is 0.249 e. The summed E-state index contributed by atoms with van der Waals surface area (Å²) in [6.07, 6.45) is 5.26. The van der Waals surface area contributed by atoms with Gasteiger partial charge in [-0.1, -0.05) is 66.9 Å². The lowest BCUT2D eigenvalue weighted by atomic mass is 9.94. The van der Waals surface area contributed by atoms with E-state index in [9.17, 15) is 9.59 Å². The van der Waals surface area contributed by atoms with E-state index in [2.05, 4.69) is 15.6 Å². The molecule has 5 rings (SSSR count).